The third-order valence-corrected chi connectivity index (χ3v) is 5.69. The molecule has 1 fully saturated rings. The number of nitrogens with two attached hydrogens (primary N) is 2. The molecule has 1 aliphatic rings. The number of rotatable bonds is 13. The van der Waals surface area contributed by atoms with Gasteiger partial charge in [-0.3, -0.25) is 24.0 Å². The highest BCUT2D eigenvalue weighted by Gasteiger charge is 2.38. The first-order chi connectivity index (χ1) is 15.4. The van der Waals surface area contributed by atoms with E-state index in [1.165, 1.54) is 4.90 Å². The van der Waals surface area contributed by atoms with E-state index in [-0.39, 0.29) is 24.7 Å². The summed E-state index contributed by atoms with van der Waals surface area (Å²) in [6.07, 6.45) is 0.158. The number of carboxylic acids is 2. The Kier molecular flexibility index (Phi) is 10.7. The summed E-state index contributed by atoms with van der Waals surface area (Å²) in [4.78, 5) is 73.0. The van der Waals surface area contributed by atoms with Gasteiger partial charge in [0.05, 0.1) is 12.5 Å². The van der Waals surface area contributed by atoms with Crippen molar-refractivity contribution < 1.29 is 39.0 Å². The molecule has 0 aromatic rings. The Morgan fingerprint density at radius 2 is 1.73 bits per heavy atom. The summed E-state index contributed by atoms with van der Waals surface area (Å²) >= 11 is 0. The zero-order chi connectivity index (χ0) is 25.3. The molecule has 0 aliphatic carbocycles. The summed E-state index contributed by atoms with van der Waals surface area (Å²) in [5.74, 6) is -5.89. The lowest BCUT2D eigenvalue weighted by molar-refractivity contribution is -0.147. The number of carboxylic acid groups (broad SMARTS) is 2. The van der Waals surface area contributed by atoms with Crippen LogP contribution in [0.2, 0.25) is 0 Å². The molecule has 13 heteroatoms. The number of primary amides is 1. The number of amides is 4. The second kappa shape index (κ2) is 12.7. The van der Waals surface area contributed by atoms with Crippen molar-refractivity contribution in [2.24, 2.45) is 17.4 Å². The molecule has 8 N–H and O–H groups in total. The lowest BCUT2D eigenvalue weighted by Crippen LogP contribution is -2.57. The predicted molar refractivity (Wildman–Crippen MR) is 114 cm³/mol. The summed E-state index contributed by atoms with van der Waals surface area (Å²) in [6.45, 7) is 4.04. The van der Waals surface area contributed by atoms with Gasteiger partial charge in [0.15, 0.2) is 0 Å². The van der Waals surface area contributed by atoms with Crippen molar-refractivity contribution in [2.45, 2.75) is 76.5 Å². The molecule has 0 bridgehead atoms. The Hall–Kier alpha value is -3.22. The molecule has 5 atom stereocenters. The summed E-state index contributed by atoms with van der Waals surface area (Å²) in [5.41, 5.74) is 11.1. The average Bonchev–Trinajstić information content (AvgIpc) is 3.23. The molecule has 13 nitrogen and oxygen atoms in total. The first-order valence-corrected chi connectivity index (χ1v) is 10.8. The SMILES string of the molecule is CCC(C)C(N)C(=O)N1CCCC1C(=O)NC(CCC(N)=O)C(=O)NC(CC(=O)O)C(=O)O. The molecule has 4 amide bonds. The number of hydrogen-bond donors (Lipinski definition) is 6. The van der Waals surface area contributed by atoms with Crippen LogP contribution in [0.3, 0.4) is 0 Å². The van der Waals surface area contributed by atoms with Crippen LogP contribution in [0.4, 0.5) is 0 Å². The number of hydrogen-bond acceptors (Lipinski definition) is 7. The topological polar surface area (TPSA) is 222 Å². The lowest BCUT2D eigenvalue weighted by Gasteiger charge is -2.30. The van der Waals surface area contributed by atoms with Gasteiger partial charge in [0.25, 0.3) is 0 Å². The van der Waals surface area contributed by atoms with Crippen LogP contribution in [0.5, 0.6) is 0 Å². The van der Waals surface area contributed by atoms with Gasteiger partial charge in [-0.05, 0) is 25.2 Å². The first-order valence-electron chi connectivity index (χ1n) is 10.8. The van der Waals surface area contributed by atoms with Gasteiger partial charge in [0, 0.05) is 13.0 Å². The van der Waals surface area contributed by atoms with Crippen molar-refractivity contribution >= 4 is 35.6 Å². The standard InChI is InChI=1S/C20H33N5O8/c1-3-10(2)16(22)19(31)25-8-4-5-13(25)18(30)23-11(6-7-14(21)26)17(29)24-12(20(32)33)9-15(27)28/h10-13,16H,3-9,22H2,1-2H3,(H2,21,26)(H,23,30)(H,24,29)(H,27,28)(H,32,33). The van der Waals surface area contributed by atoms with Crippen molar-refractivity contribution in [2.75, 3.05) is 6.54 Å². The third kappa shape index (κ3) is 8.33. The second-order valence-corrected chi connectivity index (χ2v) is 8.16. The maximum absolute atomic E-state index is 12.9. The Morgan fingerprint density at radius 1 is 1.09 bits per heavy atom. The molecular weight excluding hydrogens is 438 g/mol. The van der Waals surface area contributed by atoms with Crippen molar-refractivity contribution in [1.29, 1.82) is 0 Å². The Labute approximate surface area is 191 Å². The van der Waals surface area contributed by atoms with Gasteiger partial charge in [0.1, 0.15) is 18.1 Å². The quantitative estimate of drug-likeness (QED) is 0.177. The largest absolute Gasteiger partial charge is 0.481 e. The molecule has 1 aliphatic heterocycles. The number of nitrogens with one attached hydrogen (secondary N) is 2. The number of carbonyl (C=O) groups excluding carboxylic acids is 4. The maximum atomic E-state index is 12.9. The number of nitrogens with zero attached hydrogens (tertiary/aromatic N) is 1. The first kappa shape index (κ1) is 27.8. The van der Waals surface area contributed by atoms with E-state index in [9.17, 15) is 28.8 Å². The molecule has 33 heavy (non-hydrogen) atoms. The maximum Gasteiger partial charge on any atom is 0.326 e. The van der Waals surface area contributed by atoms with E-state index in [2.05, 4.69) is 10.6 Å². The van der Waals surface area contributed by atoms with Crippen molar-refractivity contribution in [3.63, 3.8) is 0 Å². The van der Waals surface area contributed by atoms with E-state index in [1.807, 2.05) is 13.8 Å². The minimum atomic E-state index is -1.74. The van der Waals surface area contributed by atoms with Gasteiger partial charge in [-0.25, -0.2) is 4.79 Å². The molecule has 0 aromatic carbocycles. The van der Waals surface area contributed by atoms with Gasteiger partial charge in [-0.15, -0.1) is 0 Å². The van der Waals surface area contributed by atoms with Crippen molar-refractivity contribution in [3.8, 4) is 0 Å². The van der Waals surface area contributed by atoms with E-state index in [0.717, 1.165) is 0 Å². The van der Waals surface area contributed by atoms with Crippen LogP contribution in [-0.4, -0.2) is 81.4 Å². The predicted octanol–water partition coefficient (Wildman–Crippen LogP) is -1.85. The molecule has 186 valence electrons. The van der Waals surface area contributed by atoms with E-state index in [0.29, 0.717) is 25.8 Å². The van der Waals surface area contributed by atoms with Gasteiger partial charge in [-0.2, -0.15) is 0 Å². The van der Waals surface area contributed by atoms with E-state index >= 15 is 0 Å². The molecule has 1 heterocycles. The molecule has 0 spiro atoms. The monoisotopic (exact) mass is 471 g/mol. The van der Waals surface area contributed by atoms with Crippen molar-refractivity contribution in [1.82, 2.24) is 15.5 Å². The third-order valence-electron chi connectivity index (χ3n) is 5.69. The van der Waals surface area contributed by atoms with Crippen LogP contribution in [0.25, 0.3) is 0 Å². The molecule has 1 saturated heterocycles. The van der Waals surface area contributed by atoms with Crippen molar-refractivity contribution in [3.05, 3.63) is 0 Å². The highest BCUT2D eigenvalue weighted by atomic mass is 16.4. The number of carbonyl (C=O) groups is 6. The molecule has 5 unspecified atom stereocenters. The Morgan fingerprint density at radius 3 is 2.24 bits per heavy atom. The van der Waals surface area contributed by atoms with Crippen LogP contribution in [-0.2, 0) is 28.8 Å². The van der Waals surface area contributed by atoms with Crippen LogP contribution in [0.1, 0.15) is 52.4 Å². The van der Waals surface area contributed by atoms with Gasteiger partial charge in [0.2, 0.25) is 23.6 Å². The molecule has 0 radical (unpaired) electrons. The van der Waals surface area contributed by atoms with E-state index in [1.54, 1.807) is 0 Å². The summed E-state index contributed by atoms with van der Waals surface area (Å²) in [5, 5.41) is 22.5. The smallest absolute Gasteiger partial charge is 0.326 e. The fraction of sp³-hybridized carbons (Fsp3) is 0.700. The molecule has 0 aromatic heterocycles. The lowest BCUT2D eigenvalue weighted by atomic mass is 9.98. The number of aliphatic carboxylic acids is 2. The molecule has 1 rings (SSSR count). The van der Waals surface area contributed by atoms with Gasteiger partial charge < -0.3 is 37.2 Å². The van der Waals surface area contributed by atoms with E-state index < -0.39 is 60.2 Å². The summed E-state index contributed by atoms with van der Waals surface area (Å²) in [6, 6.07) is -4.77. The molecular formula is C20H33N5O8. The highest BCUT2D eigenvalue weighted by molar-refractivity contribution is 5.95. The van der Waals surface area contributed by atoms with Crippen LogP contribution in [0.15, 0.2) is 0 Å². The normalized spacial score (nSPS) is 19.1. The van der Waals surface area contributed by atoms with Gasteiger partial charge in [-0.1, -0.05) is 20.3 Å². The van der Waals surface area contributed by atoms with E-state index in [4.69, 9.17) is 21.7 Å². The minimum Gasteiger partial charge on any atom is -0.481 e. The average molecular weight is 472 g/mol. The zero-order valence-corrected chi connectivity index (χ0v) is 18.8. The minimum absolute atomic E-state index is 0.0990. The molecule has 0 saturated carbocycles. The van der Waals surface area contributed by atoms with Crippen LogP contribution < -0.4 is 22.1 Å². The summed E-state index contributed by atoms with van der Waals surface area (Å²) < 4.78 is 0. The fourth-order valence-corrected chi connectivity index (χ4v) is 3.46. The highest BCUT2D eigenvalue weighted by Crippen LogP contribution is 2.21. The Balaban J connectivity index is 2.97. The summed E-state index contributed by atoms with van der Waals surface area (Å²) in [7, 11) is 0. The Bertz CT molecular complexity index is 774. The van der Waals surface area contributed by atoms with Crippen LogP contribution >= 0.6 is 0 Å². The second-order valence-electron chi connectivity index (χ2n) is 8.16. The van der Waals surface area contributed by atoms with Gasteiger partial charge >= 0.3 is 11.9 Å². The number of likely N-dealkylation sites (tertiary alicyclic amines) is 1. The fourth-order valence-electron chi connectivity index (χ4n) is 3.46. The zero-order valence-electron chi connectivity index (χ0n) is 18.8. The van der Waals surface area contributed by atoms with Crippen LogP contribution in [0, 0.1) is 5.92 Å².